The van der Waals surface area contributed by atoms with Crippen molar-refractivity contribution in [1.82, 2.24) is 15.2 Å². The van der Waals surface area contributed by atoms with Crippen molar-refractivity contribution in [3.8, 4) is 0 Å². The predicted molar refractivity (Wildman–Crippen MR) is 92.6 cm³/mol. The second-order valence-electron chi connectivity index (χ2n) is 6.88. The molecule has 0 aromatic carbocycles. The van der Waals surface area contributed by atoms with Gasteiger partial charge in [0, 0.05) is 55.0 Å². The number of rotatable bonds is 4. The Hall–Kier alpha value is -2.67. The molecule has 4 rings (SSSR count). The lowest BCUT2D eigenvalue weighted by atomic mass is 9.93. The molecule has 2 saturated heterocycles. The van der Waals surface area contributed by atoms with E-state index in [1.54, 1.807) is 35.5 Å². The largest absolute Gasteiger partial charge is 0.459 e. The van der Waals surface area contributed by atoms with Crippen molar-refractivity contribution in [3.05, 3.63) is 53.7 Å². The molecule has 2 aliphatic heterocycles. The van der Waals surface area contributed by atoms with Gasteiger partial charge in [-0.2, -0.15) is 0 Å². The highest BCUT2D eigenvalue weighted by Crippen LogP contribution is 2.34. The highest BCUT2D eigenvalue weighted by molar-refractivity contribution is 5.94. The number of amides is 2. The minimum Gasteiger partial charge on any atom is -0.459 e. The lowest BCUT2D eigenvalue weighted by Crippen LogP contribution is -2.35. The van der Waals surface area contributed by atoms with Gasteiger partial charge in [0.25, 0.3) is 11.8 Å². The second-order valence-corrected chi connectivity index (χ2v) is 6.88. The summed E-state index contributed by atoms with van der Waals surface area (Å²) in [5.74, 6) is 0.610. The normalized spacial score (nSPS) is 24.5. The number of carbonyl (C=O) groups is 2. The smallest absolute Gasteiger partial charge is 0.289 e. The number of aromatic nitrogens is 1. The molecule has 2 aromatic rings. The third kappa shape index (κ3) is 3.10. The van der Waals surface area contributed by atoms with E-state index >= 15 is 0 Å². The summed E-state index contributed by atoms with van der Waals surface area (Å²) in [6.07, 6.45) is 4.76. The molecule has 3 atom stereocenters. The molecule has 0 radical (unpaired) electrons. The number of carbonyl (C=O) groups excluding carboxylic acids is 2. The van der Waals surface area contributed by atoms with Gasteiger partial charge in [-0.05, 0) is 25.1 Å². The van der Waals surface area contributed by atoms with Crippen LogP contribution in [0.3, 0.4) is 0 Å². The van der Waals surface area contributed by atoms with Gasteiger partial charge in [0.15, 0.2) is 5.76 Å². The number of hydrogen-bond acceptors (Lipinski definition) is 5. The lowest BCUT2D eigenvalue weighted by molar-refractivity contribution is 0.0648. The topological polar surface area (TPSA) is 84.7 Å². The zero-order chi connectivity index (χ0) is 18.1. The molecule has 0 aliphatic carbocycles. The summed E-state index contributed by atoms with van der Waals surface area (Å²) in [5, 5.41) is 2.97. The van der Waals surface area contributed by atoms with Gasteiger partial charge < -0.3 is 19.4 Å². The van der Waals surface area contributed by atoms with E-state index in [0.717, 1.165) is 5.56 Å². The first-order valence-electron chi connectivity index (χ1n) is 8.76. The number of likely N-dealkylation sites (tertiary alicyclic amines) is 1. The molecule has 2 amide bonds. The first kappa shape index (κ1) is 16.8. The standard InChI is InChI=1S/C19H21N3O4/c1-12-4-7-25-17(12)19(24)22-9-15-14(11-26-16(15)10-22)8-21-18(23)13-2-5-20-6-3-13/h2-7,14-16H,8-11H2,1H3,(H,21,23)/t14-,15+,16+/m0/s1. The quantitative estimate of drug-likeness (QED) is 0.898. The van der Waals surface area contributed by atoms with Crippen LogP contribution < -0.4 is 5.32 Å². The van der Waals surface area contributed by atoms with Gasteiger partial charge in [-0.15, -0.1) is 0 Å². The van der Waals surface area contributed by atoms with Gasteiger partial charge in [0.2, 0.25) is 0 Å². The van der Waals surface area contributed by atoms with Crippen LogP contribution in [0.15, 0.2) is 41.3 Å². The second kappa shape index (κ2) is 6.92. The average molecular weight is 355 g/mol. The van der Waals surface area contributed by atoms with Gasteiger partial charge in [-0.25, -0.2) is 0 Å². The lowest BCUT2D eigenvalue weighted by Gasteiger charge is -2.19. The fourth-order valence-corrected chi connectivity index (χ4v) is 3.74. The molecule has 0 saturated carbocycles. The third-order valence-electron chi connectivity index (χ3n) is 5.25. The Balaban J connectivity index is 1.35. The molecule has 0 unspecified atom stereocenters. The van der Waals surface area contributed by atoms with E-state index in [-0.39, 0.29) is 29.8 Å². The minimum atomic E-state index is -0.118. The molecule has 2 fully saturated rings. The highest BCUT2D eigenvalue weighted by Gasteiger charge is 2.45. The Morgan fingerprint density at radius 3 is 2.81 bits per heavy atom. The maximum atomic E-state index is 12.6. The summed E-state index contributed by atoms with van der Waals surface area (Å²) in [5.41, 5.74) is 1.43. The fourth-order valence-electron chi connectivity index (χ4n) is 3.74. The summed E-state index contributed by atoms with van der Waals surface area (Å²) in [4.78, 5) is 30.5. The van der Waals surface area contributed by atoms with E-state index < -0.39 is 0 Å². The van der Waals surface area contributed by atoms with Gasteiger partial charge >= 0.3 is 0 Å². The minimum absolute atomic E-state index is 0.0250. The molecule has 136 valence electrons. The number of furan rings is 1. The van der Waals surface area contributed by atoms with Crippen LogP contribution in [0.5, 0.6) is 0 Å². The number of nitrogens with zero attached hydrogens (tertiary/aromatic N) is 2. The van der Waals surface area contributed by atoms with Crippen LogP contribution >= 0.6 is 0 Å². The van der Waals surface area contributed by atoms with Gasteiger partial charge in [0.05, 0.1) is 19.0 Å². The zero-order valence-corrected chi connectivity index (χ0v) is 14.6. The molecule has 0 spiro atoms. The Labute approximate surface area is 151 Å². The van der Waals surface area contributed by atoms with Crippen LogP contribution in [-0.4, -0.2) is 54.0 Å². The molecule has 7 heteroatoms. The number of fused-ring (bicyclic) bond motifs is 1. The molecule has 26 heavy (non-hydrogen) atoms. The summed E-state index contributed by atoms with van der Waals surface area (Å²) in [7, 11) is 0. The van der Waals surface area contributed by atoms with Crippen LogP contribution in [0.25, 0.3) is 0 Å². The van der Waals surface area contributed by atoms with Crippen LogP contribution in [0.2, 0.25) is 0 Å². The number of hydrogen-bond donors (Lipinski definition) is 1. The van der Waals surface area contributed by atoms with Crippen molar-refractivity contribution in [1.29, 1.82) is 0 Å². The monoisotopic (exact) mass is 355 g/mol. The first-order chi connectivity index (χ1) is 12.6. The molecule has 7 nitrogen and oxygen atoms in total. The average Bonchev–Trinajstić information content (AvgIpc) is 3.36. The molecule has 2 aromatic heterocycles. The Morgan fingerprint density at radius 1 is 1.27 bits per heavy atom. The fraction of sp³-hybridized carbons (Fsp3) is 0.421. The third-order valence-corrected chi connectivity index (χ3v) is 5.25. The van der Waals surface area contributed by atoms with Gasteiger partial charge in [0.1, 0.15) is 0 Å². The number of aryl methyl sites for hydroxylation is 1. The zero-order valence-electron chi connectivity index (χ0n) is 14.6. The maximum Gasteiger partial charge on any atom is 0.289 e. The van der Waals surface area contributed by atoms with E-state index in [4.69, 9.17) is 9.15 Å². The van der Waals surface area contributed by atoms with Crippen LogP contribution in [0.1, 0.15) is 26.5 Å². The van der Waals surface area contributed by atoms with E-state index in [2.05, 4.69) is 10.3 Å². The Kier molecular flexibility index (Phi) is 4.46. The van der Waals surface area contributed by atoms with Crippen molar-refractivity contribution in [2.45, 2.75) is 13.0 Å². The van der Waals surface area contributed by atoms with E-state index in [1.807, 2.05) is 6.92 Å². The van der Waals surface area contributed by atoms with Gasteiger partial charge in [-0.3, -0.25) is 14.6 Å². The van der Waals surface area contributed by atoms with Gasteiger partial charge in [-0.1, -0.05) is 0 Å². The van der Waals surface area contributed by atoms with E-state index in [0.29, 0.717) is 37.6 Å². The van der Waals surface area contributed by atoms with Crippen LogP contribution in [-0.2, 0) is 4.74 Å². The molecule has 1 N–H and O–H groups in total. The first-order valence-corrected chi connectivity index (χ1v) is 8.76. The molecule has 4 heterocycles. The Morgan fingerprint density at radius 2 is 2.08 bits per heavy atom. The van der Waals surface area contributed by atoms with Crippen molar-refractivity contribution >= 4 is 11.8 Å². The molecule has 2 aliphatic rings. The summed E-state index contributed by atoms with van der Waals surface area (Å²) in [6.45, 7) is 4.19. The summed E-state index contributed by atoms with van der Waals surface area (Å²) >= 11 is 0. The molecular formula is C19H21N3O4. The number of pyridine rings is 1. The molecule has 0 bridgehead atoms. The molecular weight excluding hydrogens is 334 g/mol. The summed E-state index contributed by atoms with van der Waals surface area (Å²) in [6, 6.07) is 5.16. The number of ether oxygens (including phenoxy) is 1. The van der Waals surface area contributed by atoms with E-state index in [1.165, 1.54) is 6.26 Å². The maximum absolute atomic E-state index is 12.6. The Bertz CT molecular complexity index is 804. The van der Waals surface area contributed by atoms with E-state index in [9.17, 15) is 9.59 Å². The number of nitrogens with one attached hydrogen (secondary N) is 1. The van der Waals surface area contributed by atoms with Crippen molar-refractivity contribution in [2.24, 2.45) is 11.8 Å². The van der Waals surface area contributed by atoms with Crippen LogP contribution in [0.4, 0.5) is 0 Å². The van der Waals surface area contributed by atoms with Crippen molar-refractivity contribution < 1.29 is 18.7 Å². The van der Waals surface area contributed by atoms with Crippen LogP contribution in [0, 0.1) is 18.8 Å². The highest BCUT2D eigenvalue weighted by atomic mass is 16.5. The predicted octanol–water partition coefficient (Wildman–Crippen LogP) is 1.50. The summed E-state index contributed by atoms with van der Waals surface area (Å²) < 4.78 is 11.2. The SMILES string of the molecule is Cc1ccoc1C(=O)N1C[C@@H]2[C@@H](CNC(=O)c3ccncc3)CO[C@@H]2C1. The van der Waals surface area contributed by atoms with Crippen molar-refractivity contribution in [3.63, 3.8) is 0 Å². The van der Waals surface area contributed by atoms with Crippen molar-refractivity contribution in [2.75, 3.05) is 26.2 Å².